The molecule has 3 nitrogen and oxygen atoms in total. The minimum absolute atomic E-state index is 0. The van der Waals surface area contributed by atoms with Crippen molar-refractivity contribution in [2.24, 2.45) is 0 Å². The van der Waals surface area contributed by atoms with Gasteiger partial charge in [-0.25, -0.2) is 0 Å². The summed E-state index contributed by atoms with van der Waals surface area (Å²) in [7, 11) is 0. The molecule has 0 aliphatic rings. The van der Waals surface area contributed by atoms with E-state index in [1.165, 1.54) is 11.1 Å². The third-order valence-corrected chi connectivity index (χ3v) is 4.13. The SMILES string of the molecule is CCN(CC)CC(O)c1cccc2c(C)c(C)cnc12.Cl. The van der Waals surface area contributed by atoms with E-state index in [0.29, 0.717) is 6.54 Å². The van der Waals surface area contributed by atoms with Crippen molar-refractivity contribution in [3.8, 4) is 0 Å². The van der Waals surface area contributed by atoms with E-state index in [0.717, 1.165) is 29.6 Å². The highest BCUT2D eigenvalue weighted by Gasteiger charge is 2.15. The molecule has 1 N–H and O–H groups in total. The van der Waals surface area contributed by atoms with E-state index in [1.54, 1.807) is 0 Å². The van der Waals surface area contributed by atoms with Gasteiger partial charge in [-0.1, -0.05) is 32.0 Å². The van der Waals surface area contributed by atoms with Gasteiger partial charge in [-0.05, 0) is 38.1 Å². The van der Waals surface area contributed by atoms with Gasteiger partial charge in [0.15, 0.2) is 0 Å². The Bertz CT molecular complexity index is 597. The molecular formula is C17H25ClN2O. The zero-order valence-corrected chi connectivity index (χ0v) is 14.1. The van der Waals surface area contributed by atoms with Crippen LogP contribution in [0.25, 0.3) is 10.9 Å². The molecule has 0 saturated carbocycles. The molecule has 0 amide bonds. The van der Waals surface area contributed by atoms with Crippen molar-refractivity contribution in [3.63, 3.8) is 0 Å². The lowest BCUT2D eigenvalue weighted by molar-refractivity contribution is 0.120. The summed E-state index contributed by atoms with van der Waals surface area (Å²) in [6, 6.07) is 6.08. The maximum Gasteiger partial charge on any atom is 0.0937 e. The molecule has 0 fully saturated rings. The molecule has 2 aromatic rings. The van der Waals surface area contributed by atoms with Gasteiger partial charge in [0.05, 0.1) is 11.6 Å². The van der Waals surface area contributed by atoms with Crippen LogP contribution >= 0.6 is 12.4 Å². The second-order valence-corrected chi connectivity index (χ2v) is 5.31. The van der Waals surface area contributed by atoms with Crippen molar-refractivity contribution in [3.05, 3.63) is 41.1 Å². The maximum atomic E-state index is 10.5. The Kier molecular flexibility index (Phi) is 6.59. The molecule has 0 aliphatic carbocycles. The number of likely N-dealkylation sites (N-methyl/N-ethyl adjacent to an activating group) is 1. The summed E-state index contributed by atoms with van der Waals surface area (Å²) < 4.78 is 0. The lowest BCUT2D eigenvalue weighted by Gasteiger charge is -2.23. The number of aliphatic hydroxyl groups excluding tert-OH is 1. The predicted octanol–water partition coefficient (Wildman–Crippen LogP) is 3.65. The number of fused-ring (bicyclic) bond motifs is 1. The number of para-hydroxylation sites is 1. The third kappa shape index (κ3) is 3.73. The van der Waals surface area contributed by atoms with Crippen LogP contribution in [-0.4, -0.2) is 34.6 Å². The lowest BCUT2D eigenvalue weighted by atomic mass is 10.00. The summed E-state index contributed by atoms with van der Waals surface area (Å²) in [6.45, 7) is 11.0. The van der Waals surface area contributed by atoms with Crippen LogP contribution in [-0.2, 0) is 0 Å². The smallest absolute Gasteiger partial charge is 0.0937 e. The average Bonchev–Trinajstić information content (AvgIpc) is 2.47. The fourth-order valence-corrected chi connectivity index (χ4v) is 2.57. The third-order valence-electron chi connectivity index (χ3n) is 4.13. The molecule has 21 heavy (non-hydrogen) atoms. The van der Waals surface area contributed by atoms with Gasteiger partial charge < -0.3 is 10.0 Å². The zero-order chi connectivity index (χ0) is 14.7. The number of hydrogen-bond acceptors (Lipinski definition) is 3. The molecule has 1 aromatic heterocycles. The van der Waals surface area contributed by atoms with Crippen molar-refractivity contribution in [2.75, 3.05) is 19.6 Å². The van der Waals surface area contributed by atoms with Crippen LogP contribution in [0.1, 0.15) is 36.6 Å². The molecule has 0 spiro atoms. The van der Waals surface area contributed by atoms with Crippen LogP contribution in [0.2, 0.25) is 0 Å². The van der Waals surface area contributed by atoms with Crippen LogP contribution < -0.4 is 0 Å². The van der Waals surface area contributed by atoms with Crippen LogP contribution in [0.3, 0.4) is 0 Å². The van der Waals surface area contributed by atoms with E-state index >= 15 is 0 Å². The Balaban J connectivity index is 0.00000220. The van der Waals surface area contributed by atoms with Gasteiger partial charge in [0.1, 0.15) is 0 Å². The molecule has 1 aromatic carbocycles. The Morgan fingerprint density at radius 2 is 1.86 bits per heavy atom. The van der Waals surface area contributed by atoms with E-state index in [9.17, 15) is 5.11 Å². The van der Waals surface area contributed by atoms with Crippen LogP contribution in [0, 0.1) is 13.8 Å². The zero-order valence-electron chi connectivity index (χ0n) is 13.3. The molecule has 2 rings (SSSR count). The van der Waals surface area contributed by atoms with Gasteiger partial charge in [-0.3, -0.25) is 4.98 Å². The Morgan fingerprint density at radius 3 is 2.48 bits per heavy atom. The first-order valence-electron chi connectivity index (χ1n) is 7.33. The van der Waals surface area contributed by atoms with Gasteiger partial charge in [-0.15, -0.1) is 12.4 Å². The number of halogens is 1. The normalized spacial score (nSPS) is 12.5. The van der Waals surface area contributed by atoms with Gasteiger partial charge in [-0.2, -0.15) is 0 Å². The Morgan fingerprint density at radius 1 is 1.19 bits per heavy atom. The second-order valence-electron chi connectivity index (χ2n) is 5.31. The highest BCUT2D eigenvalue weighted by atomic mass is 35.5. The van der Waals surface area contributed by atoms with E-state index in [-0.39, 0.29) is 12.4 Å². The number of pyridine rings is 1. The van der Waals surface area contributed by atoms with Crippen LogP contribution in [0.15, 0.2) is 24.4 Å². The summed E-state index contributed by atoms with van der Waals surface area (Å²) in [5.41, 5.74) is 4.28. The molecule has 1 atom stereocenters. The average molecular weight is 309 g/mol. The number of aryl methyl sites for hydroxylation is 2. The van der Waals surface area contributed by atoms with Crippen molar-refractivity contribution >= 4 is 23.3 Å². The molecule has 0 radical (unpaired) electrons. The fraction of sp³-hybridized carbons (Fsp3) is 0.471. The summed E-state index contributed by atoms with van der Waals surface area (Å²) in [6.07, 6.45) is 1.40. The molecule has 1 unspecified atom stereocenters. The highest BCUT2D eigenvalue weighted by molar-refractivity contribution is 5.86. The molecule has 0 bridgehead atoms. The molecule has 0 saturated heterocycles. The molecule has 116 valence electrons. The Labute approximate surface area is 133 Å². The number of aromatic nitrogens is 1. The number of benzene rings is 1. The van der Waals surface area contributed by atoms with Gasteiger partial charge >= 0.3 is 0 Å². The quantitative estimate of drug-likeness (QED) is 0.916. The van der Waals surface area contributed by atoms with Gasteiger partial charge in [0.25, 0.3) is 0 Å². The Hall–Kier alpha value is -1.16. The monoisotopic (exact) mass is 308 g/mol. The first kappa shape index (κ1) is 17.9. The topological polar surface area (TPSA) is 36.4 Å². The van der Waals surface area contributed by atoms with Crippen molar-refractivity contribution in [1.29, 1.82) is 0 Å². The van der Waals surface area contributed by atoms with E-state index in [1.807, 2.05) is 18.3 Å². The fourth-order valence-electron chi connectivity index (χ4n) is 2.57. The minimum atomic E-state index is -0.492. The molecule has 0 aliphatic heterocycles. The molecular weight excluding hydrogens is 284 g/mol. The number of rotatable bonds is 5. The summed E-state index contributed by atoms with van der Waals surface area (Å²) in [5.74, 6) is 0. The van der Waals surface area contributed by atoms with Crippen molar-refractivity contribution < 1.29 is 5.11 Å². The van der Waals surface area contributed by atoms with Gasteiger partial charge in [0, 0.05) is 23.7 Å². The van der Waals surface area contributed by atoms with Crippen LogP contribution in [0.5, 0.6) is 0 Å². The first-order chi connectivity index (χ1) is 9.58. The van der Waals surface area contributed by atoms with Crippen LogP contribution in [0.4, 0.5) is 0 Å². The molecule has 4 heteroatoms. The number of aliphatic hydroxyl groups is 1. The maximum absolute atomic E-state index is 10.5. The number of hydrogen-bond donors (Lipinski definition) is 1. The van der Waals surface area contributed by atoms with E-state index in [2.05, 4.69) is 43.6 Å². The minimum Gasteiger partial charge on any atom is -0.387 e. The summed E-state index contributed by atoms with van der Waals surface area (Å²) >= 11 is 0. The second kappa shape index (κ2) is 7.74. The standard InChI is InChI=1S/C17H24N2O.ClH/c1-5-19(6-2)11-16(20)15-9-7-8-14-13(4)12(3)10-18-17(14)15;/h7-10,16,20H,5-6,11H2,1-4H3;1H. The van der Waals surface area contributed by atoms with E-state index < -0.39 is 6.10 Å². The summed E-state index contributed by atoms with van der Waals surface area (Å²) in [4.78, 5) is 6.77. The van der Waals surface area contributed by atoms with Gasteiger partial charge in [0.2, 0.25) is 0 Å². The van der Waals surface area contributed by atoms with E-state index in [4.69, 9.17) is 0 Å². The number of nitrogens with zero attached hydrogens (tertiary/aromatic N) is 2. The first-order valence-corrected chi connectivity index (χ1v) is 7.33. The highest BCUT2D eigenvalue weighted by Crippen LogP contribution is 2.26. The van der Waals surface area contributed by atoms with Crippen molar-refractivity contribution in [1.82, 2.24) is 9.88 Å². The molecule has 1 heterocycles. The largest absolute Gasteiger partial charge is 0.387 e. The predicted molar refractivity (Wildman–Crippen MR) is 91.2 cm³/mol. The lowest BCUT2D eigenvalue weighted by Crippen LogP contribution is -2.28. The summed E-state index contributed by atoms with van der Waals surface area (Å²) in [5, 5.41) is 11.7. The van der Waals surface area contributed by atoms with Crippen molar-refractivity contribution in [2.45, 2.75) is 33.8 Å².